The number of rotatable bonds is 2. The first-order valence-electron chi connectivity index (χ1n) is 9.86. The highest BCUT2D eigenvalue weighted by atomic mass is 16.2. The van der Waals surface area contributed by atoms with E-state index in [2.05, 4.69) is 26.5 Å². The fraction of sp³-hybridized carbons (Fsp3) is 0.600. The van der Waals surface area contributed by atoms with Crippen molar-refractivity contribution in [3.8, 4) is 0 Å². The van der Waals surface area contributed by atoms with E-state index in [0.717, 1.165) is 43.7 Å². The number of piperidine rings is 1. The van der Waals surface area contributed by atoms with Gasteiger partial charge in [-0.05, 0) is 48.9 Å². The summed E-state index contributed by atoms with van der Waals surface area (Å²) < 4.78 is 0. The molecule has 4 aliphatic rings. The van der Waals surface area contributed by atoms with Crippen LogP contribution in [-0.2, 0) is 11.2 Å². The molecule has 0 aliphatic carbocycles. The Hall–Kier alpha value is -1.92. The minimum Gasteiger partial charge on any atom is -0.350 e. The van der Waals surface area contributed by atoms with Crippen LogP contribution in [0.3, 0.4) is 0 Å². The lowest BCUT2D eigenvalue weighted by Gasteiger charge is -2.40. The first kappa shape index (κ1) is 16.3. The number of carbonyl (C=O) groups excluding carboxylic acids is 2. The van der Waals surface area contributed by atoms with Crippen LogP contribution in [-0.4, -0.2) is 66.9 Å². The van der Waals surface area contributed by atoms with Gasteiger partial charge in [0.15, 0.2) is 0 Å². The molecule has 2 N–H and O–H groups in total. The van der Waals surface area contributed by atoms with Crippen molar-refractivity contribution in [2.75, 3.05) is 39.3 Å². The highest BCUT2D eigenvalue weighted by Crippen LogP contribution is 2.34. The number of fused-ring (bicyclic) bond motifs is 1. The Morgan fingerprint density at radius 1 is 1.27 bits per heavy atom. The predicted molar refractivity (Wildman–Crippen MR) is 97.9 cm³/mol. The summed E-state index contributed by atoms with van der Waals surface area (Å²) in [6, 6.07) is 6.61. The third-order valence-electron chi connectivity index (χ3n) is 6.63. The first-order valence-corrected chi connectivity index (χ1v) is 9.86. The summed E-state index contributed by atoms with van der Waals surface area (Å²) >= 11 is 0. The van der Waals surface area contributed by atoms with Crippen LogP contribution >= 0.6 is 0 Å². The van der Waals surface area contributed by atoms with Gasteiger partial charge in [-0.15, -0.1) is 0 Å². The lowest BCUT2D eigenvalue weighted by atomic mass is 9.86. The van der Waals surface area contributed by atoms with Gasteiger partial charge in [0, 0.05) is 37.8 Å². The van der Waals surface area contributed by atoms with Crippen LogP contribution in [0.5, 0.6) is 0 Å². The van der Waals surface area contributed by atoms with Crippen LogP contribution < -0.4 is 10.6 Å². The molecule has 5 rings (SSSR count). The second kappa shape index (κ2) is 6.35. The molecule has 4 heterocycles. The third kappa shape index (κ3) is 2.63. The molecule has 0 bridgehead atoms. The molecule has 2 fully saturated rings. The Balaban J connectivity index is 1.32. The molecule has 26 heavy (non-hydrogen) atoms. The van der Waals surface area contributed by atoms with E-state index in [1.165, 1.54) is 18.4 Å². The Morgan fingerprint density at radius 2 is 2.19 bits per heavy atom. The molecule has 0 aromatic heterocycles. The van der Waals surface area contributed by atoms with Crippen molar-refractivity contribution in [1.82, 2.24) is 20.4 Å². The number of carbonyl (C=O) groups is 2. The highest BCUT2D eigenvalue weighted by Gasteiger charge is 2.39. The van der Waals surface area contributed by atoms with Crippen molar-refractivity contribution in [2.24, 2.45) is 5.92 Å². The zero-order chi connectivity index (χ0) is 17.7. The summed E-state index contributed by atoms with van der Waals surface area (Å²) in [7, 11) is 0. The lowest BCUT2D eigenvalue weighted by Crippen LogP contribution is -2.50. The van der Waals surface area contributed by atoms with Crippen molar-refractivity contribution in [2.45, 2.75) is 31.3 Å². The maximum Gasteiger partial charge on any atom is 0.251 e. The van der Waals surface area contributed by atoms with Crippen LogP contribution in [0, 0.1) is 5.92 Å². The molecule has 2 saturated heterocycles. The first-order chi connectivity index (χ1) is 12.7. The second-order valence-corrected chi connectivity index (χ2v) is 8.09. The maximum absolute atomic E-state index is 13.0. The van der Waals surface area contributed by atoms with Gasteiger partial charge in [-0.1, -0.05) is 12.1 Å². The smallest absolute Gasteiger partial charge is 0.251 e. The summed E-state index contributed by atoms with van der Waals surface area (Å²) in [5.74, 6) is 0.871. The fourth-order valence-corrected chi connectivity index (χ4v) is 5.25. The van der Waals surface area contributed by atoms with Crippen LogP contribution in [0.25, 0.3) is 0 Å². The Kier molecular flexibility index (Phi) is 3.98. The Morgan fingerprint density at radius 3 is 3.08 bits per heavy atom. The number of likely N-dealkylation sites (tertiary alicyclic amines) is 1. The largest absolute Gasteiger partial charge is 0.350 e. The summed E-state index contributed by atoms with van der Waals surface area (Å²) in [5.41, 5.74) is 3.20. The minimum atomic E-state index is 0.0148. The predicted octanol–water partition coefficient (Wildman–Crippen LogP) is 0.540. The van der Waals surface area contributed by atoms with E-state index in [0.29, 0.717) is 25.0 Å². The molecule has 1 aromatic rings. The zero-order valence-electron chi connectivity index (χ0n) is 15.0. The van der Waals surface area contributed by atoms with E-state index in [9.17, 15) is 9.59 Å². The van der Waals surface area contributed by atoms with Crippen LogP contribution in [0.2, 0.25) is 0 Å². The summed E-state index contributed by atoms with van der Waals surface area (Å²) in [4.78, 5) is 29.5. The van der Waals surface area contributed by atoms with Gasteiger partial charge in [0.25, 0.3) is 5.91 Å². The van der Waals surface area contributed by atoms with Crippen molar-refractivity contribution < 1.29 is 9.59 Å². The number of benzene rings is 1. The summed E-state index contributed by atoms with van der Waals surface area (Å²) in [6.07, 6.45) is 3.36. The molecule has 0 saturated carbocycles. The normalized spacial score (nSPS) is 30.5. The fourth-order valence-electron chi connectivity index (χ4n) is 5.25. The SMILES string of the molecule is O=C1NCC2c3c(cccc31)CCN2CC(=O)N1CC2CCCNC2C1. The van der Waals surface area contributed by atoms with Gasteiger partial charge in [0.05, 0.1) is 12.6 Å². The molecule has 2 amide bonds. The third-order valence-corrected chi connectivity index (χ3v) is 6.63. The standard InChI is InChI=1S/C20H26N4O2/c25-18(24-10-14-4-2-7-21-16(14)11-24)12-23-8-6-13-3-1-5-15-19(13)17(23)9-22-20(15)26/h1,3,5,14,16-17,21H,2,4,6-12H2,(H,22,26). The minimum absolute atomic E-state index is 0.0148. The van der Waals surface area contributed by atoms with Crippen molar-refractivity contribution in [1.29, 1.82) is 0 Å². The monoisotopic (exact) mass is 354 g/mol. The molecule has 4 aliphatic heterocycles. The zero-order valence-corrected chi connectivity index (χ0v) is 15.0. The van der Waals surface area contributed by atoms with E-state index in [1.54, 1.807) is 0 Å². The average molecular weight is 354 g/mol. The van der Waals surface area contributed by atoms with E-state index in [-0.39, 0.29) is 17.9 Å². The van der Waals surface area contributed by atoms with Crippen molar-refractivity contribution in [3.05, 3.63) is 34.9 Å². The van der Waals surface area contributed by atoms with Gasteiger partial charge in [-0.25, -0.2) is 0 Å². The average Bonchev–Trinajstić information content (AvgIpc) is 3.10. The van der Waals surface area contributed by atoms with Crippen molar-refractivity contribution in [3.63, 3.8) is 0 Å². The van der Waals surface area contributed by atoms with Crippen LogP contribution in [0.15, 0.2) is 18.2 Å². The topological polar surface area (TPSA) is 64.7 Å². The lowest BCUT2D eigenvalue weighted by molar-refractivity contribution is -0.132. The number of amides is 2. The molecule has 1 aromatic carbocycles. The van der Waals surface area contributed by atoms with Gasteiger partial charge < -0.3 is 15.5 Å². The van der Waals surface area contributed by atoms with Gasteiger partial charge in [-0.2, -0.15) is 0 Å². The summed E-state index contributed by atoms with van der Waals surface area (Å²) in [5, 5.41) is 6.57. The molecule has 6 nitrogen and oxygen atoms in total. The van der Waals surface area contributed by atoms with Gasteiger partial charge in [0.1, 0.15) is 0 Å². The highest BCUT2D eigenvalue weighted by molar-refractivity contribution is 5.97. The molecule has 6 heteroatoms. The number of hydrogen-bond acceptors (Lipinski definition) is 4. The second-order valence-electron chi connectivity index (χ2n) is 8.09. The molecule has 138 valence electrons. The number of hydrogen-bond donors (Lipinski definition) is 2. The summed E-state index contributed by atoms with van der Waals surface area (Å²) in [6.45, 7) is 4.75. The van der Waals surface area contributed by atoms with Gasteiger partial charge in [0.2, 0.25) is 5.91 Å². The van der Waals surface area contributed by atoms with Crippen molar-refractivity contribution >= 4 is 11.8 Å². The quantitative estimate of drug-likeness (QED) is 0.814. The molecular formula is C20H26N4O2. The number of nitrogens with one attached hydrogen (secondary N) is 2. The van der Waals surface area contributed by atoms with Crippen LogP contribution in [0.1, 0.15) is 40.4 Å². The van der Waals surface area contributed by atoms with Gasteiger partial charge in [-0.3, -0.25) is 14.5 Å². The van der Waals surface area contributed by atoms with E-state index >= 15 is 0 Å². The molecule has 0 spiro atoms. The van der Waals surface area contributed by atoms with E-state index in [1.807, 2.05) is 12.1 Å². The molecule has 3 atom stereocenters. The van der Waals surface area contributed by atoms with E-state index < -0.39 is 0 Å². The molecule has 3 unspecified atom stereocenters. The van der Waals surface area contributed by atoms with E-state index in [4.69, 9.17) is 0 Å². The molecule has 0 radical (unpaired) electrons. The Bertz CT molecular complexity index is 735. The Labute approximate surface area is 153 Å². The number of nitrogens with zero attached hydrogens (tertiary/aromatic N) is 2. The van der Waals surface area contributed by atoms with Gasteiger partial charge >= 0.3 is 0 Å². The molecular weight excluding hydrogens is 328 g/mol. The van der Waals surface area contributed by atoms with Crippen LogP contribution in [0.4, 0.5) is 0 Å². The maximum atomic E-state index is 13.0.